The van der Waals surface area contributed by atoms with Crippen molar-refractivity contribution in [1.29, 1.82) is 0 Å². The van der Waals surface area contributed by atoms with Gasteiger partial charge in [0.05, 0.1) is 12.2 Å². The quantitative estimate of drug-likeness (QED) is 0.877. The zero-order chi connectivity index (χ0) is 16.0. The Morgan fingerprint density at radius 3 is 2.43 bits per heavy atom. The predicted molar refractivity (Wildman–Crippen MR) is 74.2 cm³/mol. The number of alkyl halides is 2. The van der Waals surface area contributed by atoms with Gasteiger partial charge in [0.25, 0.3) is 0 Å². The fourth-order valence-electron chi connectivity index (χ4n) is 1.39. The van der Waals surface area contributed by atoms with Crippen molar-refractivity contribution in [3.05, 3.63) is 24.3 Å². The van der Waals surface area contributed by atoms with E-state index in [4.69, 9.17) is 0 Å². The average molecular weight is 300 g/mol. The van der Waals surface area contributed by atoms with Crippen LogP contribution in [-0.2, 0) is 9.59 Å². The zero-order valence-corrected chi connectivity index (χ0v) is 12.1. The van der Waals surface area contributed by atoms with Crippen LogP contribution in [0.15, 0.2) is 24.3 Å². The molecule has 0 aromatic heterocycles. The molecule has 0 bridgehead atoms. The van der Waals surface area contributed by atoms with E-state index in [0.29, 0.717) is 0 Å². The summed E-state index contributed by atoms with van der Waals surface area (Å²) in [6.07, 6.45) is 0. The number of para-hydroxylation sites is 2. The molecule has 1 rings (SSSR count). The molecule has 0 aliphatic carbocycles. The van der Waals surface area contributed by atoms with E-state index in [9.17, 15) is 18.4 Å². The second kappa shape index (κ2) is 7.01. The summed E-state index contributed by atoms with van der Waals surface area (Å²) in [5.74, 6) is -0.948. The van der Waals surface area contributed by atoms with Crippen LogP contribution < -0.4 is 15.4 Å². The number of carbonyl (C=O) groups excluding carboxylic acids is 2. The van der Waals surface area contributed by atoms with Crippen LogP contribution in [0.2, 0.25) is 0 Å². The molecule has 1 aromatic rings. The summed E-state index contributed by atoms with van der Waals surface area (Å²) < 4.78 is 28.8. The van der Waals surface area contributed by atoms with Crippen LogP contribution in [0.3, 0.4) is 0 Å². The third-order valence-corrected chi connectivity index (χ3v) is 2.47. The third-order valence-electron chi connectivity index (χ3n) is 2.47. The van der Waals surface area contributed by atoms with E-state index in [2.05, 4.69) is 15.4 Å². The molecule has 0 saturated carbocycles. The van der Waals surface area contributed by atoms with E-state index in [-0.39, 0.29) is 23.9 Å². The van der Waals surface area contributed by atoms with Crippen molar-refractivity contribution in [1.82, 2.24) is 5.32 Å². The van der Waals surface area contributed by atoms with E-state index in [0.717, 1.165) is 0 Å². The third kappa shape index (κ3) is 5.76. The van der Waals surface area contributed by atoms with Gasteiger partial charge >= 0.3 is 6.61 Å². The number of hydrogen-bond acceptors (Lipinski definition) is 3. The van der Waals surface area contributed by atoms with Gasteiger partial charge < -0.3 is 15.4 Å². The SMILES string of the molecule is CC(C)(C)C(=O)NCC(=O)Nc1ccccc1OC(F)F. The number of nitrogens with one attached hydrogen (secondary N) is 2. The van der Waals surface area contributed by atoms with Crippen LogP contribution in [0.5, 0.6) is 5.75 Å². The molecule has 0 atom stereocenters. The first kappa shape index (κ1) is 16.9. The van der Waals surface area contributed by atoms with Crippen LogP contribution >= 0.6 is 0 Å². The second-order valence-corrected chi connectivity index (χ2v) is 5.36. The number of halogens is 2. The van der Waals surface area contributed by atoms with Crippen molar-refractivity contribution in [2.24, 2.45) is 5.41 Å². The molecule has 0 fully saturated rings. The Balaban J connectivity index is 2.61. The van der Waals surface area contributed by atoms with Crippen LogP contribution in [-0.4, -0.2) is 25.0 Å². The zero-order valence-electron chi connectivity index (χ0n) is 12.1. The first-order chi connectivity index (χ1) is 9.70. The molecule has 21 heavy (non-hydrogen) atoms. The van der Waals surface area contributed by atoms with Gasteiger partial charge in [-0.05, 0) is 12.1 Å². The molecule has 2 amide bonds. The Kier molecular flexibility index (Phi) is 5.63. The predicted octanol–water partition coefficient (Wildman–Crippen LogP) is 2.39. The molecular weight excluding hydrogens is 282 g/mol. The topological polar surface area (TPSA) is 67.4 Å². The average Bonchev–Trinajstić information content (AvgIpc) is 2.36. The van der Waals surface area contributed by atoms with Crippen LogP contribution in [0.1, 0.15) is 20.8 Å². The van der Waals surface area contributed by atoms with E-state index >= 15 is 0 Å². The van der Waals surface area contributed by atoms with Gasteiger partial charge in [-0.25, -0.2) is 0 Å². The molecule has 0 aliphatic rings. The summed E-state index contributed by atoms with van der Waals surface area (Å²) in [4.78, 5) is 23.3. The lowest BCUT2D eigenvalue weighted by molar-refractivity contribution is -0.130. The summed E-state index contributed by atoms with van der Waals surface area (Å²) >= 11 is 0. The van der Waals surface area contributed by atoms with E-state index in [1.165, 1.54) is 18.2 Å². The van der Waals surface area contributed by atoms with Gasteiger partial charge in [-0.1, -0.05) is 32.9 Å². The Morgan fingerprint density at radius 2 is 1.86 bits per heavy atom. The lowest BCUT2D eigenvalue weighted by Gasteiger charge is -2.17. The van der Waals surface area contributed by atoms with Crippen molar-refractivity contribution in [2.75, 3.05) is 11.9 Å². The van der Waals surface area contributed by atoms with Crippen LogP contribution in [0.25, 0.3) is 0 Å². The van der Waals surface area contributed by atoms with Crippen molar-refractivity contribution >= 4 is 17.5 Å². The van der Waals surface area contributed by atoms with E-state index < -0.39 is 17.9 Å². The molecule has 0 spiro atoms. The Bertz CT molecular complexity index is 513. The minimum absolute atomic E-state index is 0.118. The standard InChI is InChI=1S/C14H18F2N2O3/c1-14(2,3)12(20)17-8-11(19)18-9-6-4-5-7-10(9)21-13(15)16/h4-7,13H,8H2,1-3H3,(H,17,20)(H,18,19). The number of ether oxygens (including phenoxy) is 1. The first-order valence-corrected chi connectivity index (χ1v) is 6.32. The highest BCUT2D eigenvalue weighted by Crippen LogP contribution is 2.25. The summed E-state index contributed by atoms with van der Waals surface area (Å²) in [6, 6.07) is 5.83. The van der Waals surface area contributed by atoms with Gasteiger partial charge in [-0.3, -0.25) is 9.59 Å². The maximum Gasteiger partial charge on any atom is 0.387 e. The number of amides is 2. The number of hydrogen-bond donors (Lipinski definition) is 2. The molecule has 0 heterocycles. The van der Waals surface area contributed by atoms with Gasteiger partial charge in [0.1, 0.15) is 5.75 Å². The normalized spacial score (nSPS) is 11.1. The second-order valence-electron chi connectivity index (χ2n) is 5.36. The Labute approximate surface area is 121 Å². The highest BCUT2D eigenvalue weighted by molar-refractivity contribution is 5.96. The molecule has 5 nitrogen and oxygen atoms in total. The molecule has 0 aliphatic heterocycles. The van der Waals surface area contributed by atoms with E-state index in [1.807, 2.05) is 0 Å². The molecule has 2 N–H and O–H groups in total. The van der Waals surface area contributed by atoms with E-state index in [1.54, 1.807) is 26.8 Å². The molecule has 1 aromatic carbocycles. The van der Waals surface area contributed by atoms with Crippen molar-refractivity contribution < 1.29 is 23.1 Å². The molecule has 116 valence electrons. The molecular formula is C14H18F2N2O3. The van der Waals surface area contributed by atoms with Crippen LogP contribution in [0, 0.1) is 5.41 Å². The molecule has 0 radical (unpaired) electrons. The van der Waals surface area contributed by atoms with Crippen molar-refractivity contribution in [2.45, 2.75) is 27.4 Å². The smallest absolute Gasteiger partial charge is 0.387 e. The lowest BCUT2D eigenvalue weighted by Crippen LogP contribution is -2.39. The minimum atomic E-state index is -2.98. The van der Waals surface area contributed by atoms with Crippen LogP contribution in [0.4, 0.5) is 14.5 Å². The number of benzene rings is 1. The highest BCUT2D eigenvalue weighted by Gasteiger charge is 2.21. The Morgan fingerprint density at radius 1 is 1.24 bits per heavy atom. The number of anilines is 1. The Hall–Kier alpha value is -2.18. The monoisotopic (exact) mass is 300 g/mol. The molecule has 0 unspecified atom stereocenters. The van der Waals surface area contributed by atoms with Gasteiger partial charge in [-0.15, -0.1) is 0 Å². The van der Waals surface area contributed by atoms with Gasteiger partial charge in [0.2, 0.25) is 11.8 Å². The fourth-order valence-corrected chi connectivity index (χ4v) is 1.39. The molecule has 0 saturated heterocycles. The maximum atomic E-state index is 12.2. The van der Waals surface area contributed by atoms with Crippen molar-refractivity contribution in [3.63, 3.8) is 0 Å². The largest absolute Gasteiger partial charge is 0.433 e. The highest BCUT2D eigenvalue weighted by atomic mass is 19.3. The summed E-state index contributed by atoms with van der Waals surface area (Å²) in [5, 5.41) is 4.87. The maximum absolute atomic E-state index is 12.2. The summed E-state index contributed by atoms with van der Waals surface area (Å²) in [5.41, 5.74) is -0.496. The first-order valence-electron chi connectivity index (χ1n) is 6.32. The van der Waals surface area contributed by atoms with Gasteiger partial charge in [0, 0.05) is 5.41 Å². The summed E-state index contributed by atoms with van der Waals surface area (Å²) in [7, 11) is 0. The molecule has 7 heteroatoms. The minimum Gasteiger partial charge on any atom is -0.433 e. The lowest BCUT2D eigenvalue weighted by atomic mass is 9.96. The summed E-state index contributed by atoms with van der Waals surface area (Å²) in [6.45, 7) is 1.91. The number of carbonyl (C=O) groups is 2. The van der Waals surface area contributed by atoms with Crippen molar-refractivity contribution in [3.8, 4) is 5.75 Å². The van der Waals surface area contributed by atoms with Gasteiger partial charge in [0.15, 0.2) is 0 Å². The number of rotatable bonds is 5. The fraction of sp³-hybridized carbons (Fsp3) is 0.429. The van der Waals surface area contributed by atoms with Gasteiger partial charge in [-0.2, -0.15) is 8.78 Å².